The first-order valence-electron chi connectivity index (χ1n) is 6.72. The second-order valence-electron chi connectivity index (χ2n) is 5.38. The van der Waals surface area contributed by atoms with Crippen molar-refractivity contribution in [1.82, 2.24) is 15.5 Å². The molecular formula is C12H21F3N4. The minimum atomic E-state index is -4.09. The second kappa shape index (κ2) is 5.98. The Morgan fingerprint density at radius 3 is 2.63 bits per heavy atom. The fourth-order valence-corrected chi connectivity index (χ4v) is 2.33. The van der Waals surface area contributed by atoms with Gasteiger partial charge in [0.2, 0.25) is 0 Å². The van der Waals surface area contributed by atoms with Gasteiger partial charge in [0, 0.05) is 26.2 Å². The van der Waals surface area contributed by atoms with Crippen LogP contribution >= 0.6 is 0 Å². The first kappa shape index (κ1) is 14.4. The van der Waals surface area contributed by atoms with Crippen molar-refractivity contribution in [3.05, 3.63) is 0 Å². The first-order chi connectivity index (χ1) is 8.96. The Balaban J connectivity index is 1.66. The third-order valence-electron chi connectivity index (χ3n) is 3.47. The molecule has 0 aromatic rings. The second-order valence-corrected chi connectivity index (χ2v) is 5.38. The lowest BCUT2D eigenvalue weighted by Gasteiger charge is -2.18. The average Bonchev–Trinajstić information content (AvgIpc) is 3.03. The van der Waals surface area contributed by atoms with Crippen LogP contribution in [-0.4, -0.2) is 56.3 Å². The quantitative estimate of drug-likeness (QED) is 0.599. The van der Waals surface area contributed by atoms with Crippen molar-refractivity contribution in [2.75, 3.05) is 33.2 Å². The van der Waals surface area contributed by atoms with Crippen molar-refractivity contribution >= 4 is 5.96 Å². The van der Waals surface area contributed by atoms with Crippen molar-refractivity contribution in [1.29, 1.82) is 0 Å². The first-order valence-corrected chi connectivity index (χ1v) is 6.72. The smallest absolute Gasteiger partial charge is 0.356 e. The summed E-state index contributed by atoms with van der Waals surface area (Å²) in [5.74, 6) is 1.02. The van der Waals surface area contributed by atoms with Gasteiger partial charge in [-0.15, -0.1) is 0 Å². The summed E-state index contributed by atoms with van der Waals surface area (Å²) in [5.41, 5.74) is 0. The zero-order valence-corrected chi connectivity index (χ0v) is 11.1. The van der Waals surface area contributed by atoms with E-state index in [2.05, 4.69) is 15.6 Å². The highest BCUT2D eigenvalue weighted by molar-refractivity contribution is 5.80. The van der Waals surface area contributed by atoms with E-state index < -0.39 is 12.7 Å². The Hall–Kier alpha value is -0.980. The zero-order valence-electron chi connectivity index (χ0n) is 11.1. The van der Waals surface area contributed by atoms with Crippen LogP contribution in [-0.2, 0) is 0 Å². The molecule has 1 saturated carbocycles. The molecule has 1 aliphatic heterocycles. The number of guanidine groups is 1. The fourth-order valence-electron chi connectivity index (χ4n) is 2.33. The molecule has 1 heterocycles. The van der Waals surface area contributed by atoms with Crippen molar-refractivity contribution in [3.8, 4) is 0 Å². The van der Waals surface area contributed by atoms with Crippen LogP contribution in [0.25, 0.3) is 0 Å². The third-order valence-corrected chi connectivity index (χ3v) is 3.47. The number of halogens is 3. The van der Waals surface area contributed by atoms with Crippen LogP contribution in [0.4, 0.5) is 13.2 Å². The van der Waals surface area contributed by atoms with E-state index in [1.807, 2.05) is 0 Å². The Morgan fingerprint density at radius 2 is 2.05 bits per heavy atom. The number of rotatable bonds is 4. The predicted molar refractivity (Wildman–Crippen MR) is 68.1 cm³/mol. The topological polar surface area (TPSA) is 39.7 Å². The lowest BCUT2D eigenvalue weighted by molar-refractivity contribution is -0.143. The normalized spacial score (nSPS) is 25.7. The summed E-state index contributed by atoms with van der Waals surface area (Å²) in [5, 5.41) is 6.46. The highest BCUT2D eigenvalue weighted by Gasteiger charge is 2.34. The molecular weight excluding hydrogens is 257 g/mol. The summed E-state index contributed by atoms with van der Waals surface area (Å²) < 4.78 is 36.8. The van der Waals surface area contributed by atoms with Crippen LogP contribution in [0.5, 0.6) is 0 Å². The average molecular weight is 278 g/mol. The van der Waals surface area contributed by atoms with E-state index in [0.29, 0.717) is 25.7 Å². The van der Waals surface area contributed by atoms with Gasteiger partial charge in [-0.25, -0.2) is 0 Å². The van der Waals surface area contributed by atoms with Gasteiger partial charge in [0.05, 0.1) is 6.54 Å². The van der Waals surface area contributed by atoms with Crippen molar-refractivity contribution in [3.63, 3.8) is 0 Å². The summed E-state index contributed by atoms with van der Waals surface area (Å²) in [7, 11) is 1.71. The van der Waals surface area contributed by atoms with Crippen LogP contribution in [0.1, 0.15) is 19.3 Å². The Labute approximate surface area is 111 Å². The number of hydrogen-bond acceptors (Lipinski definition) is 2. The summed E-state index contributed by atoms with van der Waals surface area (Å²) in [6.45, 7) is 0.923. The fraction of sp³-hybridized carbons (Fsp3) is 0.917. The maximum absolute atomic E-state index is 12.3. The molecule has 19 heavy (non-hydrogen) atoms. The van der Waals surface area contributed by atoms with Crippen LogP contribution in [0, 0.1) is 5.92 Å². The van der Waals surface area contributed by atoms with Crippen molar-refractivity contribution in [2.24, 2.45) is 10.9 Å². The largest absolute Gasteiger partial charge is 0.401 e. The van der Waals surface area contributed by atoms with Crippen molar-refractivity contribution in [2.45, 2.75) is 31.5 Å². The van der Waals surface area contributed by atoms with E-state index >= 15 is 0 Å². The Kier molecular flexibility index (Phi) is 4.54. The zero-order chi connectivity index (χ0) is 13.9. The maximum Gasteiger partial charge on any atom is 0.401 e. The Morgan fingerprint density at radius 1 is 1.32 bits per heavy atom. The van der Waals surface area contributed by atoms with Gasteiger partial charge in [-0.2, -0.15) is 13.2 Å². The van der Waals surface area contributed by atoms with E-state index in [4.69, 9.17) is 0 Å². The Bertz CT molecular complexity index is 325. The molecule has 1 saturated heterocycles. The molecule has 0 aromatic carbocycles. The molecule has 4 nitrogen and oxygen atoms in total. The van der Waals surface area contributed by atoms with Crippen LogP contribution < -0.4 is 10.6 Å². The lowest BCUT2D eigenvalue weighted by atomic mass is 10.1. The number of nitrogens with zero attached hydrogens (tertiary/aromatic N) is 2. The molecule has 0 bridgehead atoms. The molecule has 1 aliphatic carbocycles. The van der Waals surface area contributed by atoms with Crippen LogP contribution in [0.15, 0.2) is 4.99 Å². The van der Waals surface area contributed by atoms with Crippen molar-refractivity contribution < 1.29 is 13.2 Å². The van der Waals surface area contributed by atoms with Gasteiger partial charge in [0.25, 0.3) is 0 Å². The summed E-state index contributed by atoms with van der Waals surface area (Å²) >= 11 is 0. The monoisotopic (exact) mass is 278 g/mol. The minimum absolute atomic E-state index is 0.264. The third kappa shape index (κ3) is 5.26. The minimum Gasteiger partial charge on any atom is -0.356 e. The molecule has 0 spiro atoms. The van der Waals surface area contributed by atoms with E-state index in [-0.39, 0.29) is 5.92 Å². The molecule has 7 heteroatoms. The molecule has 2 fully saturated rings. The molecule has 110 valence electrons. The van der Waals surface area contributed by atoms with Gasteiger partial charge in [-0.1, -0.05) is 0 Å². The standard InChI is InChI=1S/C12H21F3N4/c1-16-11(18-10-2-3-10)17-6-9-4-5-19(7-9)8-12(13,14)15/h9-10H,2-8H2,1H3,(H2,16,17,18). The van der Waals surface area contributed by atoms with E-state index in [1.54, 1.807) is 7.05 Å². The van der Waals surface area contributed by atoms with Gasteiger partial charge in [0.15, 0.2) is 5.96 Å². The van der Waals surface area contributed by atoms with Gasteiger partial charge in [0.1, 0.15) is 0 Å². The van der Waals surface area contributed by atoms with Gasteiger partial charge < -0.3 is 10.6 Å². The summed E-state index contributed by atoms with van der Waals surface area (Å²) in [4.78, 5) is 5.58. The predicted octanol–water partition coefficient (Wildman–Crippen LogP) is 1.20. The molecule has 0 amide bonds. The summed E-state index contributed by atoms with van der Waals surface area (Å²) in [6, 6.07) is 0.525. The molecule has 0 radical (unpaired) electrons. The highest BCUT2D eigenvalue weighted by Crippen LogP contribution is 2.22. The van der Waals surface area contributed by atoms with E-state index in [1.165, 1.54) is 17.7 Å². The number of likely N-dealkylation sites (tertiary alicyclic amines) is 1. The molecule has 1 unspecified atom stereocenters. The van der Waals surface area contributed by atoms with Gasteiger partial charge >= 0.3 is 6.18 Å². The van der Waals surface area contributed by atoms with Crippen LogP contribution in [0.3, 0.4) is 0 Å². The molecule has 0 aromatic heterocycles. The molecule has 2 rings (SSSR count). The number of nitrogens with one attached hydrogen (secondary N) is 2. The molecule has 2 aliphatic rings. The SMILES string of the molecule is CN=C(NCC1CCN(CC(F)(F)F)C1)NC1CC1. The summed E-state index contributed by atoms with van der Waals surface area (Å²) in [6.07, 6.45) is -0.942. The number of alkyl halides is 3. The van der Waals surface area contributed by atoms with E-state index in [0.717, 1.165) is 12.4 Å². The van der Waals surface area contributed by atoms with Crippen LogP contribution in [0.2, 0.25) is 0 Å². The molecule has 2 N–H and O–H groups in total. The van der Waals surface area contributed by atoms with Gasteiger partial charge in [-0.05, 0) is 31.7 Å². The number of hydrogen-bond donors (Lipinski definition) is 2. The highest BCUT2D eigenvalue weighted by atomic mass is 19.4. The van der Waals surface area contributed by atoms with E-state index in [9.17, 15) is 13.2 Å². The lowest BCUT2D eigenvalue weighted by Crippen LogP contribution is -2.41. The maximum atomic E-state index is 12.3. The number of aliphatic imine (C=N–C) groups is 1. The van der Waals surface area contributed by atoms with Gasteiger partial charge in [-0.3, -0.25) is 9.89 Å². The molecule has 1 atom stereocenters.